The lowest BCUT2D eigenvalue weighted by Crippen LogP contribution is -2.00. The van der Waals surface area contributed by atoms with E-state index in [0.29, 0.717) is 12.0 Å². The maximum absolute atomic E-state index is 11.6. The Bertz CT molecular complexity index is 810. The van der Waals surface area contributed by atoms with Gasteiger partial charge in [-0.1, -0.05) is 63.6 Å². The molecule has 0 spiro atoms. The first kappa shape index (κ1) is 23.9. The molecule has 0 atom stereocenters. The van der Waals surface area contributed by atoms with Gasteiger partial charge in [-0.3, -0.25) is 0 Å². The number of carboxylic acids is 1. The fourth-order valence-corrected chi connectivity index (χ4v) is 3.54. The van der Waals surface area contributed by atoms with Crippen LogP contribution in [0.3, 0.4) is 0 Å². The molecule has 2 aromatic rings. The van der Waals surface area contributed by atoms with E-state index in [1.165, 1.54) is 25.7 Å². The normalized spacial score (nSPS) is 11.7. The molecule has 164 valence electrons. The summed E-state index contributed by atoms with van der Waals surface area (Å²) in [6.07, 6.45) is 11.9. The summed E-state index contributed by atoms with van der Waals surface area (Å²) in [7, 11) is 0. The molecule has 4 heteroatoms. The summed E-state index contributed by atoms with van der Waals surface area (Å²) in [6.45, 7) is 3.16. The summed E-state index contributed by atoms with van der Waals surface area (Å²) in [5.74, 6) is 0.0235. The maximum atomic E-state index is 11.6. The highest BCUT2D eigenvalue weighted by Crippen LogP contribution is 2.24. The van der Waals surface area contributed by atoms with E-state index >= 15 is 0 Å². The lowest BCUT2D eigenvalue weighted by Gasteiger charge is -2.08. The highest BCUT2D eigenvalue weighted by Gasteiger charge is 2.08. The van der Waals surface area contributed by atoms with Crippen molar-refractivity contribution in [2.45, 2.75) is 71.1 Å². The standard InChI is InChI=1S/C26H36O4/c1-2-3-4-7-10-17-30-25-15-14-22-18-21(12-13-23(22)20-25)19-24(26(28)29)11-8-5-6-9-16-27/h12-15,18-20,27H,2-11,16-17H2,1H3,(H,28,29)/b24-19+. The van der Waals surface area contributed by atoms with Crippen molar-refractivity contribution in [2.24, 2.45) is 0 Å². The van der Waals surface area contributed by atoms with Crippen molar-refractivity contribution >= 4 is 22.8 Å². The number of benzene rings is 2. The van der Waals surface area contributed by atoms with Crippen LogP contribution in [0.5, 0.6) is 5.75 Å². The summed E-state index contributed by atoms with van der Waals surface area (Å²) < 4.78 is 5.89. The monoisotopic (exact) mass is 412 g/mol. The minimum atomic E-state index is -0.861. The summed E-state index contributed by atoms with van der Waals surface area (Å²) in [6, 6.07) is 12.1. The number of carbonyl (C=O) groups is 1. The molecular weight excluding hydrogens is 376 g/mol. The van der Waals surface area contributed by atoms with Crippen LogP contribution in [0.4, 0.5) is 0 Å². The molecule has 0 aromatic heterocycles. The molecule has 0 amide bonds. The van der Waals surface area contributed by atoms with Crippen LogP contribution >= 0.6 is 0 Å². The molecule has 0 bridgehead atoms. The van der Waals surface area contributed by atoms with E-state index in [9.17, 15) is 9.90 Å². The smallest absolute Gasteiger partial charge is 0.331 e. The second-order valence-corrected chi connectivity index (χ2v) is 7.89. The van der Waals surface area contributed by atoms with Gasteiger partial charge in [-0.15, -0.1) is 0 Å². The molecule has 0 aliphatic rings. The molecule has 0 unspecified atom stereocenters. The Balaban J connectivity index is 1.96. The molecular formula is C26H36O4. The van der Waals surface area contributed by atoms with Gasteiger partial charge in [0.25, 0.3) is 0 Å². The Hall–Kier alpha value is -2.33. The van der Waals surface area contributed by atoms with Gasteiger partial charge in [-0.05, 0) is 66.3 Å². The van der Waals surface area contributed by atoms with Crippen LogP contribution in [0.15, 0.2) is 42.0 Å². The average Bonchev–Trinajstić information content (AvgIpc) is 2.75. The lowest BCUT2D eigenvalue weighted by atomic mass is 10.0. The zero-order valence-corrected chi connectivity index (χ0v) is 18.2. The fraction of sp³-hybridized carbons (Fsp3) is 0.500. The first-order chi connectivity index (χ1) is 14.6. The van der Waals surface area contributed by atoms with Crippen LogP contribution in [0, 0.1) is 0 Å². The second kappa shape index (κ2) is 13.8. The van der Waals surface area contributed by atoms with Gasteiger partial charge in [0.2, 0.25) is 0 Å². The number of rotatable bonds is 15. The van der Waals surface area contributed by atoms with E-state index < -0.39 is 5.97 Å². The fourth-order valence-electron chi connectivity index (χ4n) is 3.54. The first-order valence-corrected chi connectivity index (χ1v) is 11.4. The molecule has 4 nitrogen and oxygen atoms in total. The number of aliphatic carboxylic acids is 1. The molecule has 0 heterocycles. The summed E-state index contributed by atoms with van der Waals surface area (Å²) in [4.78, 5) is 11.6. The maximum Gasteiger partial charge on any atom is 0.331 e. The van der Waals surface area contributed by atoms with Crippen LogP contribution < -0.4 is 4.74 Å². The van der Waals surface area contributed by atoms with E-state index in [4.69, 9.17) is 9.84 Å². The zero-order chi connectivity index (χ0) is 21.6. The molecule has 0 aliphatic carbocycles. The SMILES string of the molecule is CCCCCCCOc1ccc2cc(/C=C(\CCCCCCO)C(=O)O)ccc2c1. The van der Waals surface area contributed by atoms with E-state index in [2.05, 4.69) is 6.92 Å². The third-order valence-electron chi connectivity index (χ3n) is 5.32. The van der Waals surface area contributed by atoms with E-state index in [1.54, 1.807) is 6.08 Å². The zero-order valence-electron chi connectivity index (χ0n) is 18.2. The van der Waals surface area contributed by atoms with Crippen molar-refractivity contribution in [3.8, 4) is 5.75 Å². The predicted molar refractivity (Wildman–Crippen MR) is 124 cm³/mol. The van der Waals surface area contributed by atoms with Gasteiger partial charge in [0.15, 0.2) is 0 Å². The molecule has 2 aromatic carbocycles. The minimum Gasteiger partial charge on any atom is -0.494 e. The Kier molecular flexibility index (Phi) is 11.0. The largest absolute Gasteiger partial charge is 0.494 e. The first-order valence-electron chi connectivity index (χ1n) is 11.4. The number of ether oxygens (including phenoxy) is 1. The number of aliphatic hydroxyl groups is 1. The number of carboxylic acid groups (broad SMARTS) is 1. The number of fused-ring (bicyclic) bond motifs is 1. The Morgan fingerprint density at radius 3 is 2.37 bits per heavy atom. The molecule has 0 aliphatic heterocycles. The number of unbranched alkanes of at least 4 members (excludes halogenated alkanes) is 7. The second-order valence-electron chi connectivity index (χ2n) is 7.89. The third kappa shape index (κ3) is 8.58. The quantitative estimate of drug-likeness (QED) is 0.255. The van der Waals surface area contributed by atoms with Crippen LogP contribution in [0.2, 0.25) is 0 Å². The van der Waals surface area contributed by atoms with Crippen molar-refractivity contribution in [2.75, 3.05) is 13.2 Å². The van der Waals surface area contributed by atoms with E-state index in [-0.39, 0.29) is 6.61 Å². The summed E-state index contributed by atoms with van der Waals surface area (Å²) in [5.41, 5.74) is 1.33. The van der Waals surface area contributed by atoms with Gasteiger partial charge >= 0.3 is 5.97 Å². The van der Waals surface area contributed by atoms with Crippen molar-refractivity contribution in [1.29, 1.82) is 0 Å². The Morgan fingerprint density at radius 2 is 1.60 bits per heavy atom. The highest BCUT2D eigenvalue weighted by molar-refractivity contribution is 5.93. The Labute approximate surface area is 180 Å². The lowest BCUT2D eigenvalue weighted by molar-refractivity contribution is -0.132. The number of hydrogen-bond acceptors (Lipinski definition) is 3. The van der Waals surface area contributed by atoms with Crippen LogP contribution in [-0.2, 0) is 4.79 Å². The molecule has 30 heavy (non-hydrogen) atoms. The van der Waals surface area contributed by atoms with Gasteiger partial charge in [0.1, 0.15) is 5.75 Å². The summed E-state index contributed by atoms with van der Waals surface area (Å²) >= 11 is 0. The molecule has 0 fully saturated rings. The van der Waals surface area contributed by atoms with Crippen LogP contribution in [-0.4, -0.2) is 29.4 Å². The topological polar surface area (TPSA) is 66.8 Å². The minimum absolute atomic E-state index is 0.199. The van der Waals surface area contributed by atoms with Crippen molar-refractivity contribution in [3.63, 3.8) is 0 Å². The van der Waals surface area contributed by atoms with Crippen molar-refractivity contribution < 1.29 is 19.7 Å². The van der Waals surface area contributed by atoms with Crippen LogP contribution in [0.25, 0.3) is 16.8 Å². The third-order valence-corrected chi connectivity index (χ3v) is 5.32. The van der Waals surface area contributed by atoms with Gasteiger partial charge in [0, 0.05) is 12.2 Å². The molecule has 2 rings (SSSR count). The van der Waals surface area contributed by atoms with Gasteiger partial charge in [-0.2, -0.15) is 0 Å². The van der Waals surface area contributed by atoms with Gasteiger partial charge < -0.3 is 14.9 Å². The van der Waals surface area contributed by atoms with Gasteiger partial charge in [-0.25, -0.2) is 4.79 Å². The van der Waals surface area contributed by atoms with Gasteiger partial charge in [0.05, 0.1) is 6.61 Å². The highest BCUT2D eigenvalue weighted by atomic mass is 16.5. The molecule has 0 radical (unpaired) electrons. The average molecular weight is 413 g/mol. The number of aliphatic hydroxyl groups excluding tert-OH is 1. The van der Waals surface area contributed by atoms with E-state index in [1.807, 2.05) is 36.4 Å². The van der Waals surface area contributed by atoms with Crippen molar-refractivity contribution in [1.82, 2.24) is 0 Å². The van der Waals surface area contributed by atoms with Crippen molar-refractivity contribution in [3.05, 3.63) is 47.5 Å². The summed E-state index contributed by atoms with van der Waals surface area (Å²) in [5, 5.41) is 20.5. The molecule has 0 saturated carbocycles. The molecule has 0 saturated heterocycles. The molecule has 2 N–H and O–H groups in total. The Morgan fingerprint density at radius 1 is 0.900 bits per heavy atom. The van der Waals surface area contributed by atoms with Crippen LogP contribution in [0.1, 0.15) is 76.7 Å². The van der Waals surface area contributed by atoms with E-state index in [0.717, 1.165) is 60.8 Å². The number of hydrogen-bond donors (Lipinski definition) is 2. The predicted octanol–water partition coefficient (Wildman–Crippen LogP) is 6.60.